The minimum absolute atomic E-state index is 0.424. The van der Waals surface area contributed by atoms with Gasteiger partial charge in [0.25, 0.3) is 0 Å². The highest BCUT2D eigenvalue weighted by molar-refractivity contribution is 5.84. The third kappa shape index (κ3) is 6.12. The third-order valence-corrected chi connectivity index (χ3v) is 3.24. The molecule has 0 saturated carbocycles. The molecular formula is C16H27N3O2. The van der Waals surface area contributed by atoms with Gasteiger partial charge in [-0.05, 0) is 58.0 Å². The van der Waals surface area contributed by atoms with Crippen molar-refractivity contribution in [3.63, 3.8) is 0 Å². The topological polar surface area (TPSA) is 54.5 Å². The number of pyridine rings is 1. The standard InChI is InChI=1S/C16H27N3O2/c1-6-7-10-21-16(20)18-15-14(8-9-19(4)5)12(2)11-13(3)17-15/h11H,6-10H2,1-5H3,(H,17,18,20). The summed E-state index contributed by atoms with van der Waals surface area (Å²) in [5, 5.41) is 2.78. The first-order valence-corrected chi connectivity index (χ1v) is 7.49. The number of ether oxygens (including phenoxy) is 1. The third-order valence-electron chi connectivity index (χ3n) is 3.24. The van der Waals surface area contributed by atoms with Gasteiger partial charge in [-0.25, -0.2) is 9.78 Å². The molecule has 0 atom stereocenters. The number of unbranched alkanes of at least 4 members (excludes halogenated alkanes) is 1. The second kappa shape index (κ2) is 8.62. The normalized spacial score (nSPS) is 10.8. The lowest BCUT2D eigenvalue weighted by atomic mass is 10.1. The zero-order valence-electron chi connectivity index (χ0n) is 13.8. The summed E-state index contributed by atoms with van der Waals surface area (Å²) in [6.45, 7) is 7.39. The zero-order chi connectivity index (χ0) is 15.8. The number of amides is 1. The number of hydrogen-bond acceptors (Lipinski definition) is 4. The molecule has 0 spiro atoms. The number of rotatable bonds is 7. The smallest absolute Gasteiger partial charge is 0.412 e. The second-order valence-electron chi connectivity index (χ2n) is 5.58. The minimum Gasteiger partial charge on any atom is -0.449 e. The molecule has 1 aromatic rings. The van der Waals surface area contributed by atoms with Crippen LogP contribution in [0.1, 0.15) is 36.6 Å². The largest absolute Gasteiger partial charge is 0.449 e. The van der Waals surface area contributed by atoms with Gasteiger partial charge in [0.1, 0.15) is 5.82 Å². The molecular weight excluding hydrogens is 266 g/mol. The van der Waals surface area contributed by atoms with E-state index in [0.717, 1.165) is 42.6 Å². The number of carbonyl (C=O) groups is 1. The molecule has 0 aliphatic carbocycles. The fraction of sp³-hybridized carbons (Fsp3) is 0.625. The summed E-state index contributed by atoms with van der Waals surface area (Å²) in [7, 11) is 4.06. The number of nitrogens with zero attached hydrogens (tertiary/aromatic N) is 2. The van der Waals surface area contributed by atoms with Gasteiger partial charge in [-0.15, -0.1) is 0 Å². The highest BCUT2D eigenvalue weighted by atomic mass is 16.5. The number of aryl methyl sites for hydroxylation is 2. The lowest BCUT2D eigenvalue weighted by molar-refractivity contribution is 0.159. The Morgan fingerprint density at radius 2 is 2.10 bits per heavy atom. The van der Waals surface area contributed by atoms with Crippen molar-refractivity contribution in [2.45, 2.75) is 40.0 Å². The number of carbonyl (C=O) groups excluding carboxylic acids is 1. The monoisotopic (exact) mass is 293 g/mol. The van der Waals surface area contributed by atoms with Crippen LogP contribution in [0, 0.1) is 13.8 Å². The Balaban J connectivity index is 2.80. The lowest BCUT2D eigenvalue weighted by Crippen LogP contribution is -2.20. The molecule has 0 bridgehead atoms. The summed E-state index contributed by atoms with van der Waals surface area (Å²) >= 11 is 0. The predicted octanol–water partition coefficient (Wildman–Crippen LogP) is 3.15. The Morgan fingerprint density at radius 3 is 2.71 bits per heavy atom. The van der Waals surface area contributed by atoms with E-state index in [0.29, 0.717) is 12.4 Å². The Labute approximate surface area is 127 Å². The number of likely N-dealkylation sites (N-methyl/N-ethyl adjacent to an activating group) is 1. The predicted molar refractivity (Wildman–Crippen MR) is 85.8 cm³/mol. The van der Waals surface area contributed by atoms with Crippen LogP contribution in [0.25, 0.3) is 0 Å². The Morgan fingerprint density at radius 1 is 1.38 bits per heavy atom. The van der Waals surface area contributed by atoms with Gasteiger partial charge in [0.2, 0.25) is 0 Å². The van der Waals surface area contributed by atoms with Gasteiger partial charge in [0.05, 0.1) is 6.61 Å². The van der Waals surface area contributed by atoms with Gasteiger partial charge in [0, 0.05) is 12.2 Å². The maximum atomic E-state index is 11.8. The number of hydrogen-bond donors (Lipinski definition) is 1. The first kappa shape index (κ1) is 17.4. The highest BCUT2D eigenvalue weighted by Gasteiger charge is 2.12. The van der Waals surface area contributed by atoms with Crippen molar-refractivity contribution in [2.24, 2.45) is 0 Å². The van der Waals surface area contributed by atoms with E-state index >= 15 is 0 Å². The molecule has 0 saturated heterocycles. The summed E-state index contributed by atoms with van der Waals surface area (Å²) in [6, 6.07) is 2.04. The maximum Gasteiger partial charge on any atom is 0.412 e. The van der Waals surface area contributed by atoms with Crippen LogP contribution in [0.5, 0.6) is 0 Å². The minimum atomic E-state index is -0.424. The summed E-state index contributed by atoms with van der Waals surface area (Å²) in [5.41, 5.74) is 3.11. The van der Waals surface area contributed by atoms with Crippen LogP contribution in [-0.2, 0) is 11.2 Å². The molecule has 1 heterocycles. The van der Waals surface area contributed by atoms with E-state index in [1.807, 2.05) is 34.0 Å². The van der Waals surface area contributed by atoms with Crippen molar-refractivity contribution in [3.8, 4) is 0 Å². The van der Waals surface area contributed by atoms with Crippen LogP contribution in [0.4, 0.5) is 10.6 Å². The molecule has 5 nitrogen and oxygen atoms in total. The number of anilines is 1. The maximum absolute atomic E-state index is 11.8. The first-order valence-electron chi connectivity index (χ1n) is 7.49. The van der Waals surface area contributed by atoms with Crippen molar-refractivity contribution in [1.29, 1.82) is 0 Å². The van der Waals surface area contributed by atoms with Crippen LogP contribution in [-0.4, -0.2) is 43.2 Å². The van der Waals surface area contributed by atoms with Crippen LogP contribution < -0.4 is 5.32 Å². The van der Waals surface area contributed by atoms with Crippen molar-refractivity contribution in [3.05, 3.63) is 22.9 Å². The summed E-state index contributed by atoms with van der Waals surface area (Å²) < 4.78 is 5.15. The average molecular weight is 293 g/mol. The lowest BCUT2D eigenvalue weighted by Gasteiger charge is -2.16. The van der Waals surface area contributed by atoms with E-state index in [9.17, 15) is 4.79 Å². The molecule has 0 fully saturated rings. The Hall–Kier alpha value is -1.62. The van der Waals surface area contributed by atoms with E-state index in [1.165, 1.54) is 0 Å². The summed E-state index contributed by atoms with van der Waals surface area (Å²) in [5.74, 6) is 0.621. The summed E-state index contributed by atoms with van der Waals surface area (Å²) in [4.78, 5) is 18.4. The molecule has 5 heteroatoms. The summed E-state index contributed by atoms with van der Waals surface area (Å²) in [6.07, 6.45) is 2.30. The molecule has 0 unspecified atom stereocenters. The molecule has 1 rings (SSSR count). The zero-order valence-corrected chi connectivity index (χ0v) is 13.8. The van der Waals surface area contributed by atoms with Crippen LogP contribution in [0.3, 0.4) is 0 Å². The quantitative estimate of drug-likeness (QED) is 0.785. The van der Waals surface area contributed by atoms with E-state index in [-0.39, 0.29) is 0 Å². The van der Waals surface area contributed by atoms with Gasteiger partial charge in [-0.3, -0.25) is 5.32 Å². The fourth-order valence-electron chi connectivity index (χ4n) is 2.06. The Kier molecular flexibility index (Phi) is 7.15. The van der Waals surface area contributed by atoms with Crippen LogP contribution >= 0.6 is 0 Å². The molecule has 1 aromatic heterocycles. The van der Waals surface area contributed by atoms with Gasteiger partial charge >= 0.3 is 6.09 Å². The molecule has 0 aliphatic rings. The van der Waals surface area contributed by atoms with Crippen LogP contribution in [0.2, 0.25) is 0 Å². The molecule has 0 aromatic carbocycles. The van der Waals surface area contributed by atoms with Crippen molar-refractivity contribution < 1.29 is 9.53 Å². The van der Waals surface area contributed by atoms with Gasteiger partial charge in [-0.2, -0.15) is 0 Å². The average Bonchev–Trinajstić information content (AvgIpc) is 2.37. The Bertz CT molecular complexity index is 473. The van der Waals surface area contributed by atoms with Crippen LogP contribution in [0.15, 0.2) is 6.07 Å². The van der Waals surface area contributed by atoms with Gasteiger partial charge < -0.3 is 9.64 Å². The molecule has 1 N–H and O–H groups in total. The van der Waals surface area contributed by atoms with Crippen molar-refractivity contribution >= 4 is 11.9 Å². The van der Waals surface area contributed by atoms with Gasteiger partial charge in [0.15, 0.2) is 0 Å². The number of nitrogens with one attached hydrogen (secondary N) is 1. The number of aromatic nitrogens is 1. The fourth-order valence-corrected chi connectivity index (χ4v) is 2.06. The van der Waals surface area contributed by atoms with Gasteiger partial charge in [-0.1, -0.05) is 13.3 Å². The molecule has 118 valence electrons. The van der Waals surface area contributed by atoms with E-state index in [2.05, 4.69) is 22.1 Å². The molecule has 21 heavy (non-hydrogen) atoms. The van der Waals surface area contributed by atoms with E-state index in [4.69, 9.17) is 4.74 Å². The molecule has 0 aliphatic heterocycles. The SMILES string of the molecule is CCCCOC(=O)Nc1nc(C)cc(C)c1CCN(C)C. The molecule has 1 amide bonds. The first-order chi connectivity index (χ1) is 9.93. The van der Waals surface area contributed by atoms with E-state index in [1.54, 1.807) is 0 Å². The second-order valence-corrected chi connectivity index (χ2v) is 5.58. The molecule has 0 radical (unpaired) electrons. The highest BCUT2D eigenvalue weighted by Crippen LogP contribution is 2.20. The van der Waals surface area contributed by atoms with Crippen molar-refractivity contribution in [1.82, 2.24) is 9.88 Å². The van der Waals surface area contributed by atoms with E-state index < -0.39 is 6.09 Å². The van der Waals surface area contributed by atoms with Crippen molar-refractivity contribution in [2.75, 3.05) is 32.6 Å².